The van der Waals surface area contributed by atoms with Gasteiger partial charge in [-0.1, -0.05) is 30.3 Å². The van der Waals surface area contributed by atoms with Crippen molar-refractivity contribution >= 4 is 33.5 Å². The summed E-state index contributed by atoms with van der Waals surface area (Å²) >= 11 is 1.38. The van der Waals surface area contributed by atoms with Gasteiger partial charge in [0.05, 0.1) is 22.3 Å². The SMILES string of the molecule is CCC(CC)c1nnc(NC(=O)c2cc(-c3ccc(F)cc3)nc3onc(C)c23)s1. The standard InChI is InChI=1S/C21H20FN5O2S/c1-4-12(5-2)20-25-26-21(30-20)24-18(28)15-10-16(13-6-8-14(22)9-7-13)23-19-17(15)11(3)27-29-19/h6-10,12H,4-5H2,1-3H3,(H,24,26,28). The number of halogens is 1. The van der Waals surface area contributed by atoms with Gasteiger partial charge in [0.15, 0.2) is 0 Å². The molecule has 3 aromatic heterocycles. The predicted octanol–water partition coefficient (Wildman–Crippen LogP) is 5.34. The molecule has 0 spiro atoms. The lowest BCUT2D eigenvalue weighted by Crippen LogP contribution is -2.13. The van der Waals surface area contributed by atoms with Gasteiger partial charge in [-0.2, -0.15) is 0 Å². The van der Waals surface area contributed by atoms with Crippen LogP contribution in [0.25, 0.3) is 22.4 Å². The fourth-order valence-corrected chi connectivity index (χ4v) is 4.30. The van der Waals surface area contributed by atoms with Crippen LogP contribution in [0.15, 0.2) is 34.9 Å². The van der Waals surface area contributed by atoms with E-state index in [0.29, 0.717) is 39.0 Å². The predicted molar refractivity (Wildman–Crippen MR) is 113 cm³/mol. The smallest absolute Gasteiger partial charge is 0.259 e. The van der Waals surface area contributed by atoms with Gasteiger partial charge in [-0.25, -0.2) is 9.37 Å². The largest absolute Gasteiger partial charge is 0.335 e. The molecule has 1 amide bonds. The number of nitrogens with zero attached hydrogens (tertiary/aromatic N) is 4. The van der Waals surface area contributed by atoms with Crippen LogP contribution in [0.1, 0.15) is 53.7 Å². The molecule has 0 unspecified atom stereocenters. The number of fused-ring (bicyclic) bond motifs is 1. The van der Waals surface area contributed by atoms with Crippen molar-refractivity contribution in [1.29, 1.82) is 0 Å². The van der Waals surface area contributed by atoms with E-state index in [0.717, 1.165) is 17.8 Å². The third-order valence-electron chi connectivity index (χ3n) is 5.00. The summed E-state index contributed by atoms with van der Waals surface area (Å²) in [6, 6.07) is 7.53. The zero-order valence-corrected chi connectivity index (χ0v) is 17.6. The molecule has 0 aliphatic carbocycles. The van der Waals surface area contributed by atoms with Gasteiger partial charge in [0, 0.05) is 11.5 Å². The normalized spacial score (nSPS) is 11.4. The summed E-state index contributed by atoms with van der Waals surface area (Å²) in [6.07, 6.45) is 1.93. The Labute approximate surface area is 176 Å². The van der Waals surface area contributed by atoms with Crippen LogP contribution in [0.5, 0.6) is 0 Å². The van der Waals surface area contributed by atoms with Crippen molar-refractivity contribution in [2.45, 2.75) is 39.5 Å². The highest BCUT2D eigenvalue weighted by Gasteiger charge is 2.21. The van der Waals surface area contributed by atoms with Crippen LogP contribution in [0.4, 0.5) is 9.52 Å². The van der Waals surface area contributed by atoms with Crippen LogP contribution in [-0.2, 0) is 0 Å². The van der Waals surface area contributed by atoms with Crippen LogP contribution < -0.4 is 5.32 Å². The lowest BCUT2D eigenvalue weighted by molar-refractivity contribution is 0.102. The van der Waals surface area contributed by atoms with Gasteiger partial charge in [-0.3, -0.25) is 10.1 Å². The van der Waals surface area contributed by atoms with Gasteiger partial charge >= 0.3 is 0 Å². The first kappa shape index (κ1) is 20.1. The number of amides is 1. The van der Waals surface area contributed by atoms with E-state index in [1.54, 1.807) is 25.1 Å². The molecule has 0 atom stereocenters. The quantitative estimate of drug-likeness (QED) is 0.448. The minimum Gasteiger partial charge on any atom is -0.335 e. The van der Waals surface area contributed by atoms with E-state index in [9.17, 15) is 9.18 Å². The van der Waals surface area contributed by atoms with Gasteiger partial charge in [0.1, 0.15) is 10.8 Å². The Morgan fingerprint density at radius 3 is 2.63 bits per heavy atom. The first-order chi connectivity index (χ1) is 14.5. The van der Waals surface area contributed by atoms with Crippen molar-refractivity contribution in [3.8, 4) is 11.3 Å². The Balaban J connectivity index is 1.71. The molecule has 0 bridgehead atoms. The van der Waals surface area contributed by atoms with E-state index in [4.69, 9.17) is 4.52 Å². The van der Waals surface area contributed by atoms with Crippen LogP contribution in [0.2, 0.25) is 0 Å². The molecule has 4 aromatic rings. The molecule has 30 heavy (non-hydrogen) atoms. The Hall–Kier alpha value is -3.20. The van der Waals surface area contributed by atoms with Crippen LogP contribution >= 0.6 is 11.3 Å². The highest BCUT2D eigenvalue weighted by molar-refractivity contribution is 7.15. The number of anilines is 1. The van der Waals surface area contributed by atoms with Crippen LogP contribution in [-0.4, -0.2) is 26.2 Å². The first-order valence-electron chi connectivity index (χ1n) is 9.67. The summed E-state index contributed by atoms with van der Waals surface area (Å²) in [7, 11) is 0. The van der Waals surface area contributed by atoms with Gasteiger partial charge in [-0.15, -0.1) is 10.2 Å². The fraction of sp³-hybridized carbons (Fsp3) is 0.286. The number of nitrogens with one attached hydrogen (secondary N) is 1. The van der Waals surface area contributed by atoms with Crippen molar-refractivity contribution < 1.29 is 13.7 Å². The van der Waals surface area contributed by atoms with E-state index in [2.05, 4.69) is 39.5 Å². The Morgan fingerprint density at radius 2 is 1.93 bits per heavy atom. The number of benzene rings is 1. The number of carbonyl (C=O) groups excluding carboxylic acids is 1. The second-order valence-corrected chi connectivity index (χ2v) is 7.93. The molecular weight excluding hydrogens is 405 g/mol. The van der Waals surface area contributed by atoms with Gasteiger partial charge < -0.3 is 4.52 Å². The van der Waals surface area contributed by atoms with Gasteiger partial charge in [-0.05, 0) is 50.1 Å². The molecular formula is C21H20FN5O2S. The number of rotatable bonds is 6. The van der Waals surface area contributed by atoms with Crippen LogP contribution in [0.3, 0.4) is 0 Å². The zero-order valence-electron chi connectivity index (χ0n) is 16.8. The number of pyridine rings is 1. The minimum atomic E-state index is -0.357. The number of carbonyl (C=O) groups is 1. The number of aromatic nitrogens is 4. The zero-order chi connectivity index (χ0) is 21.3. The summed E-state index contributed by atoms with van der Waals surface area (Å²) < 4.78 is 18.6. The monoisotopic (exact) mass is 425 g/mol. The average Bonchev–Trinajstić information content (AvgIpc) is 3.36. The van der Waals surface area contributed by atoms with Crippen molar-refractivity contribution in [2.75, 3.05) is 5.32 Å². The van der Waals surface area contributed by atoms with Crippen molar-refractivity contribution in [3.63, 3.8) is 0 Å². The molecule has 0 aliphatic rings. The Kier molecular flexibility index (Phi) is 5.54. The number of aryl methyl sites for hydroxylation is 1. The fourth-order valence-electron chi connectivity index (χ4n) is 3.29. The van der Waals surface area contributed by atoms with Crippen molar-refractivity contribution in [1.82, 2.24) is 20.3 Å². The molecule has 3 heterocycles. The van der Waals surface area contributed by atoms with Crippen molar-refractivity contribution in [2.24, 2.45) is 0 Å². The second kappa shape index (κ2) is 8.27. The molecule has 1 N–H and O–H groups in total. The average molecular weight is 425 g/mol. The molecule has 4 rings (SSSR count). The Morgan fingerprint density at radius 1 is 1.20 bits per heavy atom. The number of hydrogen-bond donors (Lipinski definition) is 1. The lowest BCUT2D eigenvalue weighted by atomic mass is 10.1. The summed E-state index contributed by atoms with van der Waals surface area (Å²) in [5, 5.41) is 17.0. The van der Waals surface area contributed by atoms with E-state index in [1.165, 1.54) is 23.5 Å². The molecule has 154 valence electrons. The molecule has 0 radical (unpaired) electrons. The number of hydrogen-bond acceptors (Lipinski definition) is 7. The molecule has 0 saturated heterocycles. The highest BCUT2D eigenvalue weighted by atomic mass is 32.1. The second-order valence-electron chi connectivity index (χ2n) is 6.92. The maximum Gasteiger partial charge on any atom is 0.259 e. The topological polar surface area (TPSA) is 93.8 Å². The van der Waals surface area contributed by atoms with E-state index in [1.807, 2.05) is 0 Å². The van der Waals surface area contributed by atoms with Gasteiger partial charge in [0.2, 0.25) is 5.13 Å². The first-order valence-corrected chi connectivity index (χ1v) is 10.5. The highest BCUT2D eigenvalue weighted by Crippen LogP contribution is 2.30. The van der Waals surface area contributed by atoms with Crippen LogP contribution in [0, 0.1) is 12.7 Å². The molecule has 0 aliphatic heterocycles. The molecule has 0 fully saturated rings. The van der Waals surface area contributed by atoms with E-state index in [-0.39, 0.29) is 17.4 Å². The van der Waals surface area contributed by atoms with Crippen molar-refractivity contribution in [3.05, 3.63) is 52.4 Å². The molecule has 1 aromatic carbocycles. The summed E-state index contributed by atoms with van der Waals surface area (Å²) in [5.41, 5.74) is 2.31. The summed E-state index contributed by atoms with van der Waals surface area (Å²) in [4.78, 5) is 17.5. The minimum absolute atomic E-state index is 0.245. The van der Waals surface area contributed by atoms with Gasteiger partial charge in [0.25, 0.3) is 11.6 Å². The molecule has 9 heteroatoms. The lowest BCUT2D eigenvalue weighted by Gasteiger charge is -2.07. The third kappa shape index (κ3) is 3.80. The summed E-state index contributed by atoms with van der Waals surface area (Å²) in [5.74, 6) is -0.381. The molecule has 7 nitrogen and oxygen atoms in total. The van der Waals surface area contributed by atoms with E-state index >= 15 is 0 Å². The maximum atomic E-state index is 13.3. The Bertz CT molecular complexity index is 1200. The molecule has 0 saturated carbocycles. The summed E-state index contributed by atoms with van der Waals surface area (Å²) in [6.45, 7) is 5.96. The third-order valence-corrected chi connectivity index (χ3v) is 6.00. The maximum absolute atomic E-state index is 13.3. The van der Waals surface area contributed by atoms with E-state index < -0.39 is 0 Å².